The highest BCUT2D eigenvalue weighted by atomic mass is 35.5. The van der Waals surface area contributed by atoms with Gasteiger partial charge in [-0.3, -0.25) is 0 Å². The van der Waals surface area contributed by atoms with E-state index < -0.39 is 21.6 Å². The average Bonchev–Trinajstić information content (AvgIpc) is 2.69. The Morgan fingerprint density at radius 1 is 1.63 bits per heavy atom. The Hall–Kier alpha value is -1.09. The van der Waals surface area contributed by atoms with Crippen LogP contribution in [0.15, 0.2) is 21.6 Å². The van der Waals surface area contributed by atoms with Gasteiger partial charge in [-0.15, -0.1) is 0 Å². The fourth-order valence-corrected chi connectivity index (χ4v) is 3.78. The van der Waals surface area contributed by atoms with Crippen LogP contribution in [0.2, 0.25) is 5.22 Å². The van der Waals surface area contributed by atoms with Gasteiger partial charge >= 0.3 is 5.97 Å². The summed E-state index contributed by atoms with van der Waals surface area (Å²) in [6, 6.07) is 1.22. The summed E-state index contributed by atoms with van der Waals surface area (Å²) < 4.78 is 35.1. The topological polar surface area (TPSA) is 97.0 Å². The zero-order chi connectivity index (χ0) is 14.3. The van der Waals surface area contributed by atoms with Crippen molar-refractivity contribution >= 4 is 27.6 Å². The van der Waals surface area contributed by atoms with Crippen LogP contribution < -0.4 is 0 Å². The lowest BCUT2D eigenvalue weighted by Gasteiger charge is -2.44. The minimum atomic E-state index is -3.85. The van der Waals surface area contributed by atoms with E-state index in [2.05, 4.69) is 0 Å². The summed E-state index contributed by atoms with van der Waals surface area (Å²) in [4.78, 5) is 11.0. The molecule has 7 nitrogen and oxygen atoms in total. The Morgan fingerprint density at radius 2 is 2.26 bits per heavy atom. The Morgan fingerprint density at radius 3 is 2.68 bits per heavy atom. The first-order valence-corrected chi connectivity index (χ1v) is 7.26. The Labute approximate surface area is 114 Å². The Kier molecular flexibility index (Phi) is 3.61. The minimum absolute atomic E-state index is 0.176. The molecule has 0 unspecified atom stereocenters. The van der Waals surface area contributed by atoms with Crippen molar-refractivity contribution in [1.82, 2.24) is 4.31 Å². The number of carbonyl (C=O) groups is 1. The zero-order valence-electron chi connectivity index (χ0n) is 10.00. The zero-order valence-corrected chi connectivity index (χ0v) is 11.6. The molecular formula is C10H12ClNO6S. The normalized spacial score (nSPS) is 19.1. The summed E-state index contributed by atoms with van der Waals surface area (Å²) in [5.41, 5.74) is -1.47. The van der Waals surface area contributed by atoms with E-state index in [1.54, 1.807) is 6.92 Å². The third-order valence-electron chi connectivity index (χ3n) is 2.88. The van der Waals surface area contributed by atoms with E-state index in [4.69, 9.17) is 25.9 Å². The highest BCUT2D eigenvalue weighted by Gasteiger charge is 2.55. The molecule has 1 N–H and O–H groups in total. The van der Waals surface area contributed by atoms with Crippen LogP contribution in [0, 0.1) is 0 Å². The second-order valence-electron chi connectivity index (χ2n) is 4.06. The summed E-state index contributed by atoms with van der Waals surface area (Å²) >= 11 is 5.62. The van der Waals surface area contributed by atoms with E-state index in [1.807, 2.05) is 0 Å². The van der Waals surface area contributed by atoms with Gasteiger partial charge in [0.2, 0.25) is 15.2 Å². The van der Waals surface area contributed by atoms with Gasteiger partial charge in [0.15, 0.2) is 5.60 Å². The van der Waals surface area contributed by atoms with Gasteiger partial charge in [0.05, 0.1) is 19.4 Å². The van der Waals surface area contributed by atoms with Crippen molar-refractivity contribution in [2.45, 2.75) is 17.4 Å². The molecule has 9 heteroatoms. The van der Waals surface area contributed by atoms with E-state index >= 15 is 0 Å². The van der Waals surface area contributed by atoms with Crippen LogP contribution >= 0.6 is 11.6 Å². The van der Waals surface area contributed by atoms with Gasteiger partial charge in [-0.2, -0.15) is 4.31 Å². The molecule has 0 amide bonds. The molecule has 0 radical (unpaired) electrons. The van der Waals surface area contributed by atoms with Gasteiger partial charge in [0.1, 0.15) is 4.90 Å². The molecule has 1 aromatic rings. The Balaban J connectivity index is 2.20. The molecule has 0 atom stereocenters. The van der Waals surface area contributed by atoms with Crippen molar-refractivity contribution in [2.24, 2.45) is 0 Å². The van der Waals surface area contributed by atoms with Crippen LogP contribution in [-0.4, -0.2) is 49.1 Å². The SMILES string of the molecule is CCOC1(C(=O)O)CN(S(=O)(=O)c2ccoc2Cl)C1. The summed E-state index contributed by atoms with van der Waals surface area (Å²) in [7, 11) is -3.85. The summed E-state index contributed by atoms with van der Waals surface area (Å²) in [5.74, 6) is -1.18. The van der Waals surface area contributed by atoms with Crippen LogP contribution in [0.1, 0.15) is 6.92 Å². The fraction of sp³-hybridized carbons (Fsp3) is 0.500. The van der Waals surface area contributed by atoms with Gasteiger partial charge in [-0.25, -0.2) is 13.2 Å². The largest absolute Gasteiger partial charge is 0.479 e. The molecule has 1 aliphatic heterocycles. The molecular weight excluding hydrogens is 298 g/mol. The van der Waals surface area contributed by atoms with Crippen LogP contribution in [0.3, 0.4) is 0 Å². The lowest BCUT2D eigenvalue weighted by atomic mass is 9.97. The number of furan rings is 1. The molecule has 2 heterocycles. The van der Waals surface area contributed by atoms with Crippen molar-refractivity contribution in [3.63, 3.8) is 0 Å². The lowest BCUT2D eigenvalue weighted by Crippen LogP contribution is -2.68. The monoisotopic (exact) mass is 309 g/mol. The predicted molar refractivity (Wildman–Crippen MR) is 64.5 cm³/mol. The number of carboxylic acids is 1. The van der Waals surface area contributed by atoms with Gasteiger partial charge in [0, 0.05) is 6.61 Å². The maximum absolute atomic E-state index is 12.1. The predicted octanol–water partition coefficient (Wildman–Crippen LogP) is 0.797. The number of sulfonamides is 1. The minimum Gasteiger partial charge on any atom is -0.479 e. The molecule has 1 fully saturated rings. The number of hydrogen-bond donors (Lipinski definition) is 1. The fourth-order valence-electron chi connectivity index (χ4n) is 1.86. The van der Waals surface area contributed by atoms with Gasteiger partial charge in [-0.1, -0.05) is 0 Å². The molecule has 19 heavy (non-hydrogen) atoms. The smallest absolute Gasteiger partial charge is 0.338 e. The van der Waals surface area contributed by atoms with Gasteiger partial charge < -0.3 is 14.3 Å². The summed E-state index contributed by atoms with van der Waals surface area (Å²) in [5, 5.41) is 8.85. The second-order valence-corrected chi connectivity index (χ2v) is 6.31. The standard InChI is InChI=1S/C10H12ClNO6S/c1-2-18-10(9(13)14)5-12(6-10)19(15,16)7-3-4-17-8(7)11/h3-4H,2,5-6H2,1H3,(H,13,14). The van der Waals surface area contributed by atoms with E-state index in [0.29, 0.717) is 0 Å². The first-order valence-electron chi connectivity index (χ1n) is 5.44. The van der Waals surface area contributed by atoms with E-state index in [9.17, 15) is 13.2 Å². The van der Waals surface area contributed by atoms with Crippen molar-refractivity contribution in [3.05, 3.63) is 17.5 Å². The number of nitrogens with zero attached hydrogens (tertiary/aromatic N) is 1. The molecule has 0 saturated carbocycles. The number of hydrogen-bond acceptors (Lipinski definition) is 5. The molecule has 0 aliphatic carbocycles. The number of ether oxygens (including phenoxy) is 1. The maximum Gasteiger partial charge on any atom is 0.338 e. The van der Waals surface area contributed by atoms with Crippen LogP contribution in [0.25, 0.3) is 0 Å². The number of aliphatic carboxylic acids is 1. The van der Waals surface area contributed by atoms with Crippen molar-refractivity contribution in [3.8, 4) is 0 Å². The third kappa shape index (κ3) is 2.25. The van der Waals surface area contributed by atoms with Crippen LogP contribution in [-0.2, 0) is 19.6 Å². The number of rotatable bonds is 5. The van der Waals surface area contributed by atoms with E-state index in [1.165, 1.54) is 6.07 Å². The first-order chi connectivity index (χ1) is 8.83. The lowest BCUT2D eigenvalue weighted by molar-refractivity contribution is -0.181. The quantitative estimate of drug-likeness (QED) is 0.864. The highest BCUT2D eigenvalue weighted by Crippen LogP contribution is 2.34. The average molecular weight is 310 g/mol. The molecule has 0 aromatic carbocycles. The third-order valence-corrected chi connectivity index (χ3v) is 5.10. The van der Waals surface area contributed by atoms with Crippen LogP contribution in [0.4, 0.5) is 0 Å². The molecule has 106 valence electrons. The maximum atomic E-state index is 12.1. The molecule has 1 aromatic heterocycles. The highest BCUT2D eigenvalue weighted by molar-refractivity contribution is 7.89. The molecule has 2 rings (SSSR count). The van der Waals surface area contributed by atoms with E-state index in [-0.39, 0.29) is 29.8 Å². The van der Waals surface area contributed by atoms with Gasteiger partial charge in [-0.05, 0) is 24.6 Å². The number of halogens is 1. The second kappa shape index (κ2) is 4.78. The van der Waals surface area contributed by atoms with Crippen LogP contribution in [0.5, 0.6) is 0 Å². The summed E-state index contributed by atoms with van der Waals surface area (Å²) in [6.07, 6.45) is 1.15. The molecule has 1 saturated heterocycles. The molecule has 1 aliphatic rings. The van der Waals surface area contributed by atoms with Gasteiger partial charge in [0.25, 0.3) is 0 Å². The van der Waals surface area contributed by atoms with E-state index in [0.717, 1.165) is 10.6 Å². The van der Waals surface area contributed by atoms with Crippen molar-refractivity contribution in [1.29, 1.82) is 0 Å². The molecule has 0 spiro atoms. The first kappa shape index (κ1) is 14.3. The van der Waals surface area contributed by atoms with Crippen molar-refractivity contribution < 1.29 is 27.5 Å². The molecule has 0 bridgehead atoms. The van der Waals surface area contributed by atoms with Crippen molar-refractivity contribution in [2.75, 3.05) is 19.7 Å². The summed E-state index contributed by atoms with van der Waals surface area (Å²) in [6.45, 7) is 1.33. The Bertz CT molecular complexity index is 589. The number of carboxylic acid groups (broad SMARTS) is 1.